The van der Waals surface area contributed by atoms with Gasteiger partial charge >= 0.3 is 5.97 Å². The van der Waals surface area contributed by atoms with Crippen molar-refractivity contribution < 1.29 is 9.53 Å². The maximum absolute atomic E-state index is 11.2. The third kappa shape index (κ3) is 1.44. The Kier molecular flexibility index (Phi) is 2.03. The Labute approximate surface area is 67.2 Å². The summed E-state index contributed by atoms with van der Waals surface area (Å²) < 4.78 is 4.68. The number of esters is 1. The Morgan fingerprint density at radius 3 is 2.64 bits per heavy atom. The molecule has 1 aliphatic carbocycles. The Balaban J connectivity index is 2.72. The van der Waals surface area contributed by atoms with Crippen LogP contribution in [0.1, 0.15) is 20.3 Å². The number of allylic oxidation sites excluding steroid dienone is 1. The van der Waals surface area contributed by atoms with Crippen LogP contribution in [0.5, 0.6) is 0 Å². The van der Waals surface area contributed by atoms with Crippen LogP contribution in [0.4, 0.5) is 0 Å². The molecule has 0 bridgehead atoms. The van der Waals surface area contributed by atoms with E-state index >= 15 is 0 Å². The number of hydrogen-bond acceptors (Lipinski definition) is 2. The maximum atomic E-state index is 11.2. The van der Waals surface area contributed by atoms with Gasteiger partial charge in [0.2, 0.25) is 0 Å². The molecule has 62 valence electrons. The molecule has 0 radical (unpaired) electrons. The van der Waals surface area contributed by atoms with Crippen LogP contribution in [0.2, 0.25) is 0 Å². The summed E-state index contributed by atoms with van der Waals surface area (Å²) in [7, 11) is 1.44. The summed E-state index contributed by atoms with van der Waals surface area (Å²) in [5.41, 5.74) is 0.0487. The fourth-order valence-corrected chi connectivity index (χ4v) is 1.42. The molecule has 0 aliphatic heterocycles. The minimum absolute atomic E-state index is 0.0486. The number of rotatable bonds is 1. The first kappa shape index (κ1) is 8.31. The number of hydrogen-bond donors (Lipinski definition) is 0. The molecule has 0 spiro atoms. The lowest BCUT2D eigenvalue weighted by Gasteiger charge is -2.24. The van der Waals surface area contributed by atoms with Gasteiger partial charge in [0.15, 0.2) is 0 Å². The minimum Gasteiger partial charge on any atom is -0.469 e. The largest absolute Gasteiger partial charge is 0.469 e. The number of methoxy groups -OCH3 is 1. The number of carbonyl (C=O) groups is 1. The first-order valence-electron chi connectivity index (χ1n) is 3.82. The highest BCUT2D eigenvalue weighted by Crippen LogP contribution is 2.37. The Hall–Kier alpha value is -0.790. The molecule has 0 heterocycles. The van der Waals surface area contributed by atoms with Crippen LogP contribution in [-0.2, 0) is 9.53 Å². The normalized spacial score (nSPS) is 27.0. The van der Waals surface area contributed by atoms with Gasteiger partial charge in [-0.2, -0.15) is 0 Å². The number of ether oxygens (including phenoxy) is 1. The summed E-state index contributed by atoms with van der Waals surface area (Å²) >= 11 is 0. The molecular formula is C9H14O2. The molecule has 2 nitrogen and oxygen atoms in total. The molecule has 0 saturated carbocycles. The van der Waals surface area contributed by atoms with Crippen molar-refractivity contribution in [2.45, 2.75) is 20.3 Å². The summed E-state index contributed by atoms with van der Waals surface area (Å²) in [6.45, 7) is 4.16. The maximum Gasteiger partial charge on any atom is 0.313 e. The van der Waals surface area contributed by atoms with E-state index in [2.05, 4.69) is 18.6 Å². The van der Waals surface area contributed by atoms with E-state index in [0.717, 1.165) is 6.42 Å². The van der Waals surface area contributed by atoms with E-state index in [4.69, 9.17) is 0 Å². The van der Waals surface area contributed by atoms with Crippen molar-refractivity contribution in [2.24, 2.45) is 11.3 Å². The molecule has 0 aromatic heterocycles. The average molecular weight is 154 g/mol. The van der Waals surface area contributed by atoms with Crippen LogP contribution in [0, 0.1) is 11.3 Å². The van der Waals surface area contributed by atoms with Gasteiger partial charge in [0, 0.05) is 0 Å². The first-order chi connectivity index (χ1) is 5.08. The van der Waals surface area contributed by atoms with Crippen molar-refractivity contribution in [3.05, 3.63) is 12.2 Å². The van der Waals surface area contributed by atoms with Crippen LogP contribution in [0.15, 0.2) is 12.2 Å². The van der Waals surface area contributed by atoms with Crippen LogP contribution >= 0.6 is 0 Å². The molecule has 0 fully saturated rings. The first-order valence-corrected chi connectivity index (χ1v) is 3.82. The zero-order valence-electron chi connectivity index (χ0n) is 7.26. The fourth-order valence-electron chi connectivity index (χ4n) is 1.42. The predicted octanol–water partition coefficient (Wildman–Crippen LogP) is 1.76. The smallest absolute Gasteiger partial charge is 0.313 e. The highest BCUT2D eigenvalue weighted by Gasteiger charge is 2.36. The standard InChI is InChI=1S/C9H14O2/c1-9(2)6-4-5-7(9)8(10)11-3/h4-5,7H,6H2,1-3H3/t7-/m1/s1. The number of carbonyl (C=O) groups excluding carboxylic acids is 1. The predicted molar refractivity (Wildman–Crippen MR) is 43.0 cm³/mol. The summed E-state index contributed by atoms with van der Waals surface area (Å²) in [6, 6.07) is 0. The van der Waals surface area contributed by atoms with Gasteiger partial charge in [0.05, 0.1) is 13.0 Å². The van der Waals surface area contributed by atoms with Crippen molar-refractivity contribution in [1.29, 1.82) is 0 Å². The van der Waals surface area contributed by atoms with E-state index < -0.39 is 0 Å². The summed E-state index contributed by atoms with van der Waals surface area (Å²) in [4.78, 5) is 11.2. The van der Waals surface area contributed by atoms with Crippen molar-refractivity contribution in [3.63, 3.8) is 0 Å². The molecule has 11 heavy (non-hydrogen) atoms. The summed E-state index contributed by atoms with van der Waals surface area (Å²) in [6.07, 6.45) is 4.94. The highest BCUT2D eigenvalue weighted by molar-refractivity contribution is 5.75. The van der Waals surface area contributed by atoms with Crippen LogP contribution < -0.4 is 0 Å². The quantitative estimate of drug-likeness (QED) is 0.425. The SMILES string of the molecule is COC(=O)[C@H]1C=CCC1(C)C. The van der Waals surface area contributed by atoms with E-state index in [0.29, 0.717) is 0 Å². The summed E-state index contributed by atoms with van der Waals surface area (Å²) in [5.74, 6) is -0.170. The van der Waals surface area contributed by atoms with Crippen LogP contribution in [-0.4, -0.2) is 13.1 Å². The Morgan fingerprint density at radius 1 is 1.64 bits per heavy atom. The second kappa shape index (κ2) is 2.68. The molecule has 0 amide bonds. The van der Waals surface area contributed by atoms with E-state index in [-0.39, 0.29) is 17.3 Å². The van der Waals surface area contributed by atoms with Crippen LogP contribution in [0.3, 0.4) is 0 Å². The van der Waals surface area contributed by atoms with Crippen molar-refractivity contribution in [3.8, 4) is 0 Å². The van der Waals surface area contributed by atoms with E-state index in [1.165, 1.54) is 7.11 Å². The molecule has 0 saturated heterocycles. The van der Waals surface area contributed by atoms with Gasteiger partial charge in [-0.15, -0.1) is 0 Å². The van der Waals surface area contributed by atoms with Gasteiger partial charge in [-0.25, -0.2) is 0 Å². The second-order valence-electron chi connectivity index (χ2n) is 3.62. The lowest BCUT2D eigenvalue weighted by molar-refractivity contribution is -0.146. The molecule has 2 heteroatoms. The zero-order chi connectivity index (χ0) is 8.48. The Morgan fingerprint density at radius 2 is 2.27 bits per heavy atom. The van der Waals surface area contributed by atoms with Crippen molar-refractivity contribution in [1.82, 2.24) is 0 Å². The summed E-state index contributed by atoms with van der Waals surface area (Å²) in [5, 5.41) is 0. The third-order valence-electron chi connectivity index (χ3n) is 2.27. The molecule has 0 aromatic carbocycles. The van der Waals surface area contributed by atoms with Crippen molar-refractivity contribution >= 4 is 5.97 Å². The fraction of sp³-hybridized carbons (Fsp3) is 0.667. The van der Waals surface area contributed by atoms with E-state index in [9.17, 15) is 4.79 Å². The van der Waals surface area contributed by atoms with Gasteiger partial charge in [0.1, 0.15) is 0 Å². The monoisotopic (exact) mass is 154 g/mol. The topological polar surface area (TPSA) is 26.3 Å². The van der Waals surface area contributed by atoms with Gasteiger partial charge in [-0.3, -0.25) is 4.79 Å². The lowest BCUT2D eigenvalue weighted by Crippen LogP contribution is -2.26. The Bertz CT molecular complexity index is 192. The average Bonchev–Trinajstić information content (AvgIpc) is 2.28. The molecule has 0 aromatic rings. The van der Waals surface area contributed by atoms with Gasteiger partial charge in [0.25, 0.3) is 0 Å². The molecule has 1 atom stereocenters. The highest BCUT2D eigenvalue weighted by atomic mass is 16.5. The van der Waals surface area contributed by atoms with Crippen molar-refractivity contribution in [2.75, 3.05) is 7.11 Å². The van der Waals surface area contributed by atoms with Crippen LogP contribution in [0.25, 0.3) is 0 Å². The lowest BCUT2D eigenvalue weighted by atomic mass is 9.81. The van der Waals surface area contributed by atoms with Gasteiger partial charge in [-0.05, 0) is 11.8 Å². The molecule has 0 unspecified atom stereocenters. The molecule has 1 aliphatic rings. The molecule has 0 N–H and O–H groups in total. The zero-order valence-corrected chi connectivity index (χ0v) is 7.26. The van der Waals surface area contributed by atoms with Gasteiger partial charge in [-0.1, -0.05) is 26.0 Å². The third-order valence-corrected chi connectivity index (χ3v) is 2.27. The van der Waals surface area contributed by atoms with E-state index in [1.807, 2.05) is 12.2 Å². The minimum atomic E-state index is -0.122. The molecule has 1 rings (SSSR count). The van der Waals surface area contributed by atoms with Gasteiger partial charge < -0.3 is 4.74 Å². The molecular weight excluding hydrogens is 140 g/mol. The van der Waals surface area contributed by atoms with E-state index in [1.54, 1.807) is 0 Å². The second-order valence-corrected chi connectivity index (χ2v) is 3.62.